The highest BCUT2D eigenvalue weighted by atomic mass is 35.5. The van der Waals surface area contributed by atoms with E-state index in [2.05, 4.69) is 10.3 Å². The number of amides is 1. The molecule has 1 aromatic carbocycles. The fourth-order valence-electron chi connectivity index (χ4n) is 3.99. The molecule has 5 nitrogen and oxygen atoms in total. The molecule has 4 rings (SSSR count). The average molecular weight is 410 g/mol. The molecule has 3 aromatic rings. The number of carbonyl (C=O) groups excluding carboxylic acids is 1. The van der Waals surface area contributed by atoms with Gasteiger partial charge >= 0.3 is 0 Å². The van der Waals surface area contributed by atoms with E-state index in [9.17, 15) is 4.79 Å². The van der Waals surface area contributed by atoms with E-state index in [1.54, 1.807) is 11.1 Å². The van der Waals surface area contributed by atoms with Crippen LogP contribution in [0, 0.1) is 6.92 Å². The van der Waals surface area contributed by atoms with Crippen molar-refractivity contribution in [2.24, 2.45) is 0 Å². The van der Waals surface area contributed by atoms with E-state index < -0.39 is 0 Å². The molecule has 1 amide bonds. The molecule has 2 N–H and O–H groups in total. The molecule has 6 heteroatoms. The lowest BCUT2D eigenvalue weighted by atomic mass is 10.0. The molecule has 0 aliphatic carbocycles. The van der Waals surface area contributed by atoms with Crippen LogP contribution in [0.25, 0.3) is 22.3 Å². The number of likely N-dealkylation sites (tertiary alicyclic amines) is 1. The summed E-state index contributed by atoms with van der Waals surface area (Å²) in [5, 5.41) is 4.57. The monoisotopic (exact) mass is 409 g/mol. The van der Waals surface area contributed by atoms with Crippen molar-refractivity contribution in [1.82, 2.24) is 15.3 Å². The van der Waals surface area contributed by atoms with Crippen molar-refractivity contribution in [3.63, 3.8) is 0 Å². The van der Waals surface area contributed by atoms with E-state index in [0.717, 1.165) is 28.7 Å². The number of nitrogens with zero attached hydrogens (tertiary/aromatic N) is 2. The summed E-state index contributed by atoms with van der Waals surface area (Å²) in [6.07, 6.45) is 5.63. The van der Waals surface area contributed by atoms with Crippen LogP contribution in [0.5, 0.6) is 0 Å². The number of carbonyl (C=O) groups is 1. The fraction of sp³-hybridized carbons (Fsp3) is 0.348. The molecule has 0 spiro atoms. The van der Waals surface area contributed by atoms with Crippen molar-refractivity contribution in [1.29, 1.82) is 0 Å². The van der Waals surface area contributed by atoms with Gasteiger partial charge in [-0.3, -0.25) is 9.78 Å². The Balaban J connectivity index is 1.64. The summed E-state index contributed by atoms with van der Waals surface area (Å²) in [7, 11) is 0. The van der Waals surface area contributed by atoms with E-state index >= 15 is 0 Å². The van der Waals surface area contributed by atoms with Crippen LogP contribution in [0.4, 0.5) is 0 Å². The third-order valence-electron chi connectivity index (χ3n) is 5.67. The van der Waals surface area contributed by atoms with Crippen LogP contribution in [-0.4, -0.2) is 42.1 Å². The molecule has 0 radical (unpaired) electrons. The van der Waals surface area contributed by atoms with Crippen LogP contribution in [0.15, 0.2) is 42.6 Å². The van der Waals surface area contributed by atoms with Gasteiger partial charge in [-0.25, -0.2) is 4.98 Å². The zero-order valence-corrected chi connectivity index (χ0v) is 17.4. The number of hydrogen-bond donors (Lipinski definition) is 2. The minimum absolute atomic E-state index is 0.0762. The van der Waals surface area contributed by atoms with Gasteiger partial charge in [-0.05, 0) is 56.0 Å². The number of fused-ring (bicyclic) bond motifs is 1. The van der Waals surface area contributed by atoms with Crippen molar-refractivity contribution in [3.8, 4) is 11.4 Å². The van der Waals surface area contributed by atoms with Crippen LogP contribution >= 0.6 is 11.6 Å². The summed E-state index contributed by atoms with van der Waals surface area (Å²) in [5.41, 5.74) is 3.64. The van der Waals surface area contributed by atoms with E-state index in [4.69, 9.17) is 16.6 Å². The lowest BCUT2D eigenvalue weighted by Crippen LogP contribution is -3.13. The summed E-state index contributed by atoms with van der Waals surface area (Å²) in [6, 6.07) is 11.2. The SMILES string of the molecule is Cc1c(Cl)ccc2c(C(=O)NCC[NH+]3CCCCC3)cc(-c3ccccn3)nc12. The molecular formula is C23H26ClN4O+. The number of piperidine rings is 1. The number of rotatable bonds is 5. The van der Waals surface area contributed by atoms with E-state index in [-0.39, 0.29) is 5.91 Å². The van der Waals surface area contributed by atoms with Crippen molar-refractivity contribution >= 4 is 28.4 Å². The standard InChI is InChI=1S/C23H25ClN4O/c1-16-19(24)9-8-17-18(23(29)26-11-14-28-12-5-2-6-13-28)15-21(27-22(16)17)20-7-3-4-10-25-20/h3-4,7-10,15H,2,5-6,11-14H2,1H3,(H,26,29)/p+1. The molecule has 0 bridgehead atoms. The molecule has 0 unspecified atom stereocenters. The number of quaternary nitrogens is 1. The van der Waals surface area contributed by atoms with Gasteiger partial charge in [0.15, 0.2) is 0 Å². The van der Waals surface area contributed by atoms with Crippen molar-refractivity contribution in [2.75, 3.05) is 26.2 Å². The first-order valence-corrected chi connectivity index (χ1v) is 10.6. The van der Waals surface area contributed by atoms with E-state index in [1.807, 2.05) is 43.3 Å². The number of pyridine rings is 2. The largest absolute Gasteiger partial charge is 0.346 e. The second-order valence-corrected chi connectivity index (χ2v) is 8.06. The molecule has 0 atom stereocenters. The third-order valence-corrected chi connectivity index (χ3v) is 6.07. The third kappa shape index (κ3) is 4.41. The predicted octanol–water partition coefficient (Wildman–Crippen LogP) is 3.06. The Morgan fingerprint density at radius 2 is 1.97 bits per heavy atom. The highest BCUT2D eigenvalue weighted by molar-refractivity contribution is 6.32. The molecule has 3 heterocycles. The predicted molar refractivity (Wildman–Crippen MR) is 116 cm³/mol. The second kappa shape index (κ2) is 8.89. The van der Waals surface area contributed by atoms with Crippen LogP contribution in [0.1, 0.15) is 35.2 Å². The molecule has 1 aliphatic rings. The second-order valence-electron chi connectivity index (χ2n) is 7.66. The quantitative estimate of drug-likeness (QED) is 0.680. The average Bonchev–Trinajstić information content (AvgIpc) is 2.77. The highest BCUT2D eigenvalue weighted by Gasteiger charge is 2.18. The zero-order valence-electron chi connectivity index (χ0n) is 16.7. The highest BCUT2D eigenvalue weighted by Crippen LogP contribution is 2.29. The summed E-state index contributed by atoms with van der Waals surface area (Å²) in [6.45, 7) is 5.97. The Labute approximate surface area is 176 Å². The normalized spacial score (nSPS) is 14.8. The lowest BCUT2D eigenvalue weighted by Gasteiger charge is -2.23. The number of benzene rings is 1. The van der Waals surface area contributed by atoms with E-state index in [1.165, 1.54) is 32.4 Å². The summed E-state index contributed by atoms with van der Waals surface area (Å²) in [5.74, 6) is -0.0762. The first kappa shape index (κ1) is 19.8. The topological polar surface area (TPSA) is 59.3 Å². The maximum atomic E-state index is 13.1. The summed E-state index contributed by atoms with van der Waals surface area (Å²) in [4.78, 5) is 23.8. The Kier molecular flexibility index (Phi) is 6.07. The van der Waals surface area contributed by atoms with Crippen LogP contribution in [-0.2, 0) is 0 Å². The Morgan fingerprint density at radius 3 is 2.72 bits per heavy atom. The van der Waals surface area contributed by atoms with Crippen molar-refractivity contribution in [2.45, 2.75) is 26.2 Å². The van der Waals surface area contributed by atoms with Crippen molar-refractivity contribution < 1.29 is 9.69 Å². The maximum Gasteiger partial charge on any atom is 0.252 e. The van der Waals surface area contributed by atoms with Crippen LogP contribution in [0.3, 0.4) is 0 Å². The smallest absolute Gasteiger partial charge is 0.252 e. The zero-order chi connectivity index (χ0) is 20.2. The van der Waals surface area contributed by atoms with Crippen LogP contribution in [0.2, 0.25) is 5.02 Å². The van der Waals surface area contributed by atoms with Gasteiger partial charge in [0.25, 0.3) is 5.91 Å². The molecular weight excluding hydrogens is 384 g/mol. The lowest BCUT2D eigenvalue weighted by molar-refractivity contribution is -0.903. The molecule has 29 heavy (non-hydrogen) atoms. The van der Waals surface area contributed by atoms with Gasteiger partial charge in [0.1, 0.15) is 0 Å². The van der Waals surface area contributed by atoms with Gasteiger partial charge < -0.3 is 10.2 Å². The molecule has 0 saturated carbocycles. The molecule has 1 fully saturated rings. The number of aryl methyl sites for hydroxylation is 1. The Morgan fingerprint density at radius 1 is 1.14 bits per heavy atom. The number of halogens is 1. The maximum absolute atomic E-state index is 13.1. The summed E-state index contributed by atoms with van der Waals surface area (Å²) >= 11 is 6.33. The molecule has 150 valence electrons. The van der Waals surface area contributed by atoms with Crippen molar-refractivity contribution in [3.05, 3.63) is 58.7 Å². The fourth-order valence-corrected chi connectivity index (χ4v) is 4.14. The van der Waals surface area contributed by atoms with Gasteiger partial charge in [-0.15, -0.1) is 0 Å². The van der Waals surface area contributed by atoms with Crippen LogP contribution < -0.4 is 10.2 Å². The number of nitrogens with one attached hydrogen (secondary N) is 2. The molecule has 2 aromatic heterocycles. The minimum Gasteiger partial charge on any atom is -0.346 e. The minimum atomic E-state index is -0.0762. The van der Waals surface area contributed by atoms with Gasteiger partial charge in [0, 0.05) is 16.6 Å². The first-order chi connectivity index (χ1) is 14.1. The van der Waals surface area contributed by atoms with Gasteiger partial charge in [-0.2, -0.15) is 0 Å². The van der Waals surface area contributed by atoms with Gasteiger partial charge in [-0.1, -0.05) is 23.7 Å². The molecule has 1 aliphatic heterocycles. The Bertz CT molecular complexity index is 1020. The molecule has 1 saturated heterocycles. The Hall–Kier alpha value is -2.50. The number of aromatic nitrogens is 2. The number of hydrogen-bond acceptors (Lipinski definition) is 3. The first-order valence-electron chi connectivity index (χ1n) is 10.3. The van der Waals surface area contributed by atoms with E-state index in [0.29, 0.717) is 22.8 Å². The summed E-state index contributed by atoms with van der Waals surface area (Å²) < 4.78 is 0. The van der Waals surface area contributed by atoms with Gasteiger partial charge in [0.2, 0.25) is 0 Å². The van der Waals surface area contributed by atoms with Gasteiger partial charge in [0.05, 0.1) is 48.6 Å².